The van der Waals surface area contributed by atoms with Crippen molar-refractivity contribution >= 4 is 5.97 Å². The Morgan fingerprint density at radius 1 is 1.41 bits per heavy atom. The van der Waals surface area contributed by atoms with Crippen molar-refractivity contribution in [3.05, 3.63) is 35.9 Å². The van der Waals surface area contributed by atoms with Crippen molar-refractivity contribution in [3.63, 3.8) is 0 Å². The molecule has 0 bridgehead atoms. The molecule has 0 fully saturated rings. The molecule has 1 aromatic carbocycles. The smallest absolute Gasteiger partial charge is 0.327 e. The molecule has 1 unspecified atom stereocenters. The zero-order chi connectivity index (χ0) is 12.9. The first-order chi connectivity index (χ1) is 8.00. The predicted octanol–water partition coefficient (Wildman–Crippen LogP) is 1.26. The highest BCUT2D eigenvalue weighted by Gasteiger charge is 2.28. The third kappa shape index (κ3) is 3.84. The van der Waals surface area contributed by atoms with Gasteiger partial charge in [0, 0.05) is 5.54 Å². The molecule has 0 heterocycles. The molecule has 0 radical (unpaired) electrons. The van der Waals surface area contributed by atoms with Crippen LogP contribution in [0.4, 0.5) is 0 Å². The molecule has 1 rings (SSSR count). The third-order valence-electron chi connectivity index (χ3n) is 2.50. The highest BCUT2D eigenvalue weighted by molar-refractivity contribution is 5.77. The van der Waals surface area contributed by atoms with Gasteiger partial charge in [-0.2, -0.15) is 0 Å². The summed E-state index contributed by atoms with van der Waals surface area (Å²) < 4.78 is 4.77. The molecular weight excluding hydrogens is 218 g/mol. The van der Waals surface area contributed by atoms with Crippen LogP contribution in [0.1, 0.15) is 25.5 Å². The number of carbonyl (C=O) groups excluding carboxylic acids is 1. The van der Waals surface area contributed by atoms with Crippen molar-refractivity contribution in [2.75, 3.05) is 13.7 Å². The summed E-state index contributed by atoms with van der Waals surface area (Å²) in [5, 5.41) is 12.3. The molecule has 0 spiro atoms. The maximum Gasteiger partial charge on any atom is 0.327 e. The van der Waals surface area contributed by atoms with Gasteiger partial charge in [-0.1, -0.05) is 30.3 Å². The van der Waals surface area contributed by atoms with E-state index in [-0.39, 0.29) is 12.6 Å². The number of rotatable bonds is 5. The molecule has 0 aromatic heterocycles. The van der Waals surface area contributed by atoms with Crippen LogP contribution >= 0.6 is 0 Å². The third-order valence-corrected chi connectivity index (χ3v) is 2.50. The van der Waals surface area contributed by atoms with Crippen LogP contribution in [0, 0.1) is 0 Å². The molecule has 0 saturated heterocycles. The second-order valence-electron chi connectivity index (χ2n) is 4.55. The van der Waals surface area contributed by atoms with E-state index >= 15 is 0 Å². The van der Waals surface area contributed by atoms with Crippen molar-refractivity contribution in [3.8, 4) is 0 Å². The lowest BCUT2D eigenvalue weighted by atomic mass is 10.0. The molecule has 4 nitrogen and oxygen atoms in total. The molecule has 4 heteroatoms. The second kappa shape index (κ2) is 5.80. The molecule has 17 heavy (non-hydrogen) atoms. The topological polar surface area (TPSA) is 58.6 Å². The minimum atomic E-state index is -0.566. The van der Waals surface area contributed by atoms with Crippen LogP contribution in [0.5, 0.6) is 0 Å². The predicted molar refractivity (Wildman–Crippen MR) is 65.5 cm³/mol. The summed E-state index contributed by atoms with van der Waals surface area (Å²) >= 11 is 0. The second-order valence-corrected chi connectivity index (χ2v) is 4.55. The minimum Gasteiger partial charge on any atom is -0.468 e. The number of aliphatic hydroxyl groups is 1. The lowest BCUT2D eigenvalue weighted by molar-refractivity contribution is -0.144. The molecular formula is C13H19NO3. The molecule has 0 aliphatic rings. The Morgan fingerprint density at radius 2 is 2.00 bits per heavy atom. The quantitative estimate of drug-likeness (QED) is 0.757. The fourth-order valence-corrected chi connectivity index (χ4v) is 1.48. The van der Waals surface area contributed by atoms with Gasteiger partial charge in [-0.3, -0.25) is 5.32 Å². The largest absolute Gasteiger partial charge is 0.468 e. The summed E-state index contributed by atoms with van der Waals surface area (Å²) in [6, 6.07) is 8.74. The molecule has 0 aliphatic carbocycles. The van der Waals surface area contributed by atoms with E-state index in [1.165, 1.54) is 7.11 Å². The van der Waals surface area contributed by atoms with Crippen molar-refractivity contribution in [1.82, 2.24) is 5.32 Å². The van der Waals surface area contributed by atoms with Gasteiger partial charge in [0.25, 0.3) is 0 Å². The Kier molecular flexibility index (Phi) is 4.66. The maximum atomic E-state index is 11.7. The normalized spacial score (nSPS) is 13.2. The first-order valence-electron chi connectivity index (χ1n) is 5.51. The van der Waals surface area contributed by atoms with E-state index in [4.69, 9.17) is 4.74 Å². The van der Waals surface area contributed by atoms with E-state index < -0.39 is 11.6 Å². The average molecular weight is 237 g/mol. The standard InChI is InChI=1S/C13H19NO3/c1-13(2,9-15)14-11(12(16)17-3)10-7-5-4-6-8-10/h4-8,11,14-15H,9H2,1-3H3. The molecule has 0 saturated carbocycles. The molecule has 94 valence electrons. The van der Waals surface area contributed by atoms with Crippen molar-refractivity contribution < 1.29 is 14.6 Å². The Hall–Kier alpha value is -1.39. The number of esters is 1. The average Bonchev–Trinajstić information content (AvgIpc) is 2.36. The van der Waals surface area contributed by atoms with Gasteiger partial charge < -0.3 is 9.84 Å². The van der Waals surface area contributed by atoms with Gasteiger partial charge in [-0.15, -0.1) is 0 Å². The highest BCUT2D eigenvalue weighted by Crippen LogP contribution is 2.18. The Labute approximate surface area is 102 Å². The number of nitrogens with one attached hydrogen (secondary N) is 1. The fourth-order valence-electron chi connectivity index (χ4n) is 1.48. The Morgan fingerprint density at radius 3 is 2.47 bits per heavy atom. The summed E-state index contributed by atoms with van der Waals surface area (Å²) in [5.74, 6) is -0.363. The number of carbonyl (C=O) groups is 1. The monoisotopic (exact) mass is 237 g/mol. The van der Waals surface area contributed by atoms with Crippen molar-refractivity contribution in [2.24, 2.45) is 0 Å². The van der Waals surface area contributed by atoms with Crippen molar-refractivity contribution in [1.29, 1.82) is 0 Å². The van der Waals surface area contributed by atoms with Crippen LogP contribution in [-0.2, 0) is 9.53 Å². The Bertz CT molecular complexity index is 362. The van der Waals surface area contributed by atoms with E-state index in [9.17, 15) is 9.90 Å². The lowest BCUT2D eigenvalue weighted by Gasteiger charge is -2.29. The van der Waals surface area contributed by atoms with E-state index in [2.05, 4.69) is 5.32 Å². The molecule has 1 atom stereocenters. The summed E-state index contributed by atoms with van der Waals surface area (Å²) in [4.78, 5) is 11.7. The lowest BCUT2D eigenvalue weighted by Crippen LogP contribution is -2.47. The molecule has 2 N–H and O–H groups in total. The highest BCUT2D eigenvalue weighted by atomic mass is 16.5. The van der Waals surface area contributed by atoms with Gasteiger partial charge in [-0.05, 0) is 19.4 Å². The van der Waals surface area contributed by atoms with Crippen LogP contribution in [0.25, 0.3) is 0 Å². The van der Waals surface area contributed by atoms with Gasteiger partial charge in [0.15, 0.2) is 0 Å². The minimum absolute atomic E-state index is 0.0622. The summed E-state index contributed by atoms with van der Waals surface area (Å²) in [6.07, 6.45) is 0. The molecule has 1 aromatic rings. The first-order valence-corrected chi connectivity index (χ1v) is 5.51. The SMILES string of the molecule is COC(=O)C(NC(C)(C)CO)c1ccccc1. The number of aliphatic hydroxyl groups excluding tert-OH is 1. The number of benzene rings is 1. The summed E-state index contributed by atoms with van der Waals surface area (Å²) in [7, 11) is 1.35. The van der Waals surface area contributed by atoms with Crippen LogP contribution < -0.4 is 5.32 Å². The zero-order valence-electron chi connectivity index (χ0n) is 10.4. The van der Waals surface area contributed by atoms with Crippen LogP contribution in [0.15, 0.2) is 30.3 Å². The van der Waals surface area contributed by atoms with Gasteiger partial charge in [0.1, 0.15) is 6.04 Å². The Balaban J connectivity index is 2.94. The van der Waals surface area contributed by atoms with Crippen molar-refractivity contribution in [2.45, 2.75) is 25.4 Å². The summed E-state index contributed by atoms with van der Waals surface area (Å²) in [5.41, 5.74) is 0.273. The first kappa shape index (κ1) is 13.7. The van der Waals surface area contributed by atoms with Gasteiger partial charge in [0.2, 0.25) is 0 Å². The molecule has 0 amide bonds. The van der Waals surface area contributed by atoms with E-state index in [1.54, 1.807) is 0 Å². The van der Waals surface area contributed by atoms with Gasteiger partial charge in [0.05, 0.1) is 13.7 Å². The number of ether oxygens (including phenoxy) is 1. The fraction of sp³-hybridized carbons (Fsp3) is 0.462. The number of hydrogen-bond acceptors (Lipinski definition) is 4. The van der Waals surface area contributed by atoms with Gasteiger partial charge in [-0.25, -0.2) is 4.79 Å². The number of methoxy groups -OCH3 is 1. The van der Waals surface area contributed by atoms with E-state index in [1.807, 2.05) is 44.2 Å². The zero-order valence-corrected chi connectivity index (χ0v) is 10.4. The van der Waals surface area contributed by atoms with E-state index in [0.29, 0.717) is 0 Å². The van der Waals surface area contributed by atoms with Crippen LogP contribution in [0.3, 0.4) is 0 Å². The van der Waals surface area contributed by atoms with Crippen LogP contribution in [0.2, 0.25) is 0 Å². The molecule has 0 aliphatic heterocycles. The van der Waals surface area contributed by atoms with Gasteiger partial charge >= 0.3 is 5.97 Å². The maximum absolute atomic E-state index is 11.7. The van der Waals surface area contributed by atoms with Crippen LogP contribution in [-0.4, -0.2) is 30.3 Å². The van der Waals surface area contributed by atoms with E-state index in [0.717, 1.165) is 5.56 Å². The summed E-state index contributed by atoms with van der Waals surface area (Å²) in [6.45, 7) is 3.59. The number of hydrogen-bond donors (Lipinski definition) is 2.